The number of ether oxygens (including phenoxy) is 1. The lowest BCUT2D eigenvalue weighted by atomic mass is 9.85. The molecule has 3 atom stereocenters. The first-order valence-corrected chi connectivity index (χ1v) is 9.39. The monoisotopic (exact) mass is 398 g/mol. The van der Waals surface area contributed by atoms with Gasteiger partial charge in [-0.3, -0.25) is 24.1 Å². The third-order valence-corrected chi connectivity index (χ3v) is 5.14. The molecule has 0 bridgehead atoms. The van der Waals surface area contributed by atoms with Gasteiger partial charge in [0.2, 0.25) is 17.7 Å². The highest BCUT2D eigenvalue weighted by Crippen LogP contribution is 2.36. The van der Waals surface area contributed by atoms with Crippen LogP contribution in [0.4, 0.5) is 5.69 Å². The summed E-state index contributed by atoms with van der Waals surface area (Å²) >= 11 is 0. The summed E-state index contributed by atoms with van der Waals surface area (Å²) < 4.78 is 5.06. The molecule has 1 N–H and O–H groups in total. The normalized spacial score (nSPS) is 21.5. The van der Waals surface area contributed by atoms with Crippen LogP contribution in [0.2, 0.25) is 0 Å². The lowest BCUT2D eigenvalue weighted by molar-refractivity contribution is -0.157. The lowest BCUT2D eigenvalue weighted by Crippen LogP contribution is -2.44. The van der Waals surface area contributed by atoms with E-state index in [0.29, 0.717) is 24.1 Å². The molecular weight excluding hydrogens is 376 g/mol. The second-order valence-electron chi connectivity index (χ2n) is 7.17. The van der Waals surface area contributed by atoms with E-state index < -0.39 is 36.2 Å². The highest BCUT2D eigenvalue weighted by Gasteiger charge is 2.50. The number of ketones is 1. The Morgan fingerprint density at radius 3 is 2.14 bits per heavy atom. The van der Waals surface area contributed by atoms with Gasteiger partial charge < -0.3 is 10.1 Å². The van der Waals surface area contributed by atoms with Gasteiger partial charge in [-0.2, -0.15) is 0 Å². The smallest absolute Gasteiger partial charge is 0.329 e. The lowest BCUT2D eigenvalue weighted by Gasteiger charge is -2.21. The summed E-state index contributed by atoms with van der Waals surface area (Å²) in [5.41, 5.74) is 0.853. The largest absolute Gasteiger partial charge is 0.456 e. The van der Waals surface area contributed by atoms with Gasteiger partial charge in [-0.25, -0.2) is 4.79 Å². The Kier molecular flexibility index (Phi) is 5.91. The summed E-state index contributed by atoms with van der Waals surface area (Å²) in [5, 5.41) is 2.59. The molecule has 1 fully saturated rings. The Labute approximate surface area is 167 Å². The molecule has 1 aromatic rings. The standard InChI is InChI=1S/C21H22N2O6/c1-12(23-19(26)16-5-3-4-6-17(16)20(23)27)21(28)29-11-18(25)14-7-9-15(10-8-14)22-13(2)24/h3-4,7-10,12,16-17H,5-6,11H2,1-2H3,(H,22,24)/t12-,16-,17-/m0/s1. The summed E-state index contributed by atoms with van der Waals surface area (Å²) in [4.78, 5) is 61.6. The SMILES string of the molecule is CC(=O)Nc1ccc(C(=O)COC(=O)[C@H](C)N2C(=O)[C@H]3CC=CC[C@@H]3C2=O)cc1. The van der Waals surface area contributed by atoms with Crippen molar-refractivity contribution in [2.75, 3.05) is 11.9 Å². The van der Waals surface area contributed by atoms with Crippen LogP contribution in [-0.2, 0) is 23.9 Å². The Morgan fingerprint density at radius 1 is 1.07 bits per heavy atom. The number of esters is 1. The Balaban J connectivity index is 1.57. The van der Waals surface area contributed by atoms with Gasteiger partial charge in [-0.15, -0.1) is 0 Å². The quantitative estimate of drug-likeness (QED) is 0.338. The van der Waals surface area contributed by atoms with E-state index in [-0.39, 0.29) is 17.7 Å². The molecule has 1 heterocycles. The number of fused-ring (bicyclic) bond motifs is 1. The van der Waals surface area contributed by atoms with Gasteiger partial charge >= 0.3 is 5.97 Å². The molecule has 3 amide bonds. The van der Waals surface area contributed by atoms with Crippen molar-refractivity contribution in [2.24, 2.45) is 11.8 Å². The maximum absolute atomic E-state index is 12.5. The van der Waals surface area contributed by atoms with Crippen molar-refractivity contribution in [3.63, 3.8) is 0 Å². The van der Waals surface area contributed by atoms with Crippen LogP contribution in [0.1, 0.15) is 37.0 Å². The first kappa shape index (κ1) is 20.4. The van der Waals surface area contributed by atoms with Crippen LogP contribution in [-0.4, -0.2) is 47.0 Å². The Morgan fingerprint density at radius 2 is 1.62 bits per heavy atom. The Bertz CT molecular complexity index is 863. The number of anilines is 1. The van der Waals surface area contributed by atoms with Crippen LogP contribution in [0.25, 0.3) is 0 Å². The van der Waals surface area contributed by atoms with E-state index in [1.165, 1.54) is 26.0 Å². The number of carbonyl (C=O) groups is 5. The molecule has 2 aliphatic rings. The molecule has 3 rings (SSSR count). The first-order valence-electron chi connectivity index (χ1n) is 9.39. The second-order valence-corrected chi connectivity index (χ2v) is 7.17. The molecule has 0 spiro atoms. The van der Waals surface area contributed by atoms with Crippen LogP contribution in [0.3, 0.4) is 0 Å². The minimum absolute atomic E-state index is 0.228. The van der Waals surface area contributed by atoms with Gasteiger partial charge in [0.1, 0.15) is 6.04 Å². The highest BCUT2D eigenvalue weighted by atomic mass is 16.5. The van der Waals surface area contributed by atoms with Crippen molar-refractivity contribution in [1.82, 2.24) is 4.90 Å². The molecule has 0 aromatic heterocycles. The summed E-state index contributed by atoms with van der Waals surface area (Å²) in [5.74, 6) is -3.05. The van der Waals surface area contributed by atoms with Gasteiger partial charge in [0.15, 0.2) is 12.4 Å². The second kappa shape index (κ2) is 8.38. The zero-order valence-electron chi connectivity index (χ0n) is 16.2. The van der Waals surface area contributed by atoms with Crippen molar-refractivity contribution >= 4 is 35.2 Å². The van der Waals surface area contributed by atoms with Crippen LogP contribution < -0.4 is 5.32 Å². The fourth-order valence-corrected chi connectivity index (χ4v) is 3.60. The summed E-state index contributed by atoms with van der Waals surface area (Å²) in [6.07, 6.45) is 4.71. The molecule has 29 heavy (non-hydrogen) atoms. The summed E-state index contributed by atoms with van der Waals surface area (Å²) in [7, 11) is 0. The van der Waals surface area contributed by atoms with E-state index in [2.05, 4.69) is 5.32 Å². The van der Waals surface area contributed by atoms with Crippen molar-refractivity contribution in [3.8, 4) is 0 Å². The molecule has 152 valence electrons. The van der Waals surface area contributed by atoms with Crippen molar-refractivity contribution < 1.29 is 28.7 Å². The van der Waals surface area contributed by atoms with Gasteiger partial charge in [0.25, 0.3) is 0 Å². The molecule has 1 aliphatic carbocycles. The molecule has 0 unspecified atom stereocenters. The summed E-state index contributed by atoms with van der Waals surface area (Å²) in [6, 6.07) is 5.06. The van der Waals surface area contributed by atoms with E-state index in [4.69, 9.17) is 4.74 Å². The average molecular weight is 398 g/mol. The minimum Gasteiger partial charge on any atom is -0.456 e. The fourth-order valence-electron chi connectivity index (χ4n) is 3.60. The predicted octanol–water partition coefficient (Wildman–Crippen LogP) is 1.71. The maximum Gasteiger partial charge on any atom is 0.329 e. The number of hydrogen-bond donors (Lipinski definition) is 1. The fraction of sp³-hybridized carbons (Fsp3) is 0.381. The number of rotatable bonds is 6. The number of nitrogens with zero attached hydrogens (tertiary/aromatic N) is 1. The number of imide groups is 1. The molecule has 0 saturated carbocycles. The molecule has 8 nitrogen and oxygen atoms in total. The average Bonchev–Trinajstić information content (AvgIpc) is 2.96. The molecule has 1 aliphatic heterocycles. The van der Waals surface area contributed by atoms with Crippen LogP contribution >= 0.6 is 0 Å². The minimum atomic E-state index is -1.09. The van der Waals surface area contributed by atoms with E-state index in [0.717, 1.165) is 4.90 Å². The number of allylic oxidation sites excluding steroid dienone is 2. The van der Waals surface area contributed by atoms with Gasteiger partial charge in [0, 0.05) is 18.2 Å². The molecule has 1 saturated heterocycles. The predicted molar refractivity (Wildman–Crippen MR) is 103 cm³/mol. The third-order valence-electron chi connectivity index (χ3n) is 5.14. The number of nitrogens with one attached hydrogen (secondary N) is 1. The van der Waals surface area contributed by atoms with Gasteiger partial charge in [0.05, 0.1) is 11.8 Å². The van der Waals surface area contributed by atoms with Crippen molar-refractivity contribution in [2.45, 2.75) is 32.7 Å². The Hall–Kier alpha value is -3.29. The van der Waals surface area contributed by atoms with Gasteiger partial charge in [-0.05, 0) is 44.0 Å². The molecule has 8 heteroatoms. The maximum atomic E-state index is 12.5. The van der Waals surface area contributed by atoms with Crippen molar-refractivity contribution in [3.05, 3.63) is 42.0 Å². The number of amides is 3. The topological polar surface area (TPSA) is 110 Å². The van der Waals surface area contributed by atoms with Crippen LogP contribution in [0.5, 0.6) is 0 Å². The van der Waals surface area contributed by atoms with Crippen LogP contribution in [0.15, 0.2) is 36.4 Å². The van der Waals surface area contributed by atoms with E-state index in [1.807, 2.05) is 12.2 Å². The number of hydrogen-bond acceptors (Lipinski definition) is 6. The summed E-state index contributed by atoms with van der Waals surface area (Å²) in [6.45, 7) is 2.30. The third kappa shape index (κ3) is 4.26. The molecule has 1 aromatic carbocycles. The first-order chi connectivity index (χ1) is 13.8. The zero-order chi connectivity index (χ0) is 21.1. The van der Waals surface area contributed by atoms with Crippen molar-refractivity contribution in [1.29, 1.82) is 0 Å². The number of likely N-dealkylation sites (tertiary alicyclic amines) is 1. The van der Waals surface area contributed by atoms with Gasteiger partial charge in [-0.1, -0.05) is 12.2 Å². The number of carbonyl (C=O) groups excluding carboxylic acids is 5. The number of benzene rings is 1. The van der Waals surface area contributed by atoms with E-state index >= 15 is 0 Å². The van der Waals surface area contributed by atoms with Crippen LogP contribution in [0, 0.1) is 11.8 Å². The zero-order valence-corrected chi connectivity index (χ0v) is 16.2. The van der Waals surface area contributed by atoms with E-state index in [9.17, 15) is 24.0 Å². The van der Waals surface area contributed by atoms with E-state index in [1.54, 1.807) is 12.1 Å². The molecular formula is C21H22N2O6. The molecule has 0 radical (unpaired) electrons. The number of Topliss-reactive ketones (excluding diaryl/α,β-unsaturated/α-hetero) is 1. The highest BCUT2D eigenvalue weighted by molar-refractivity contribution is 6.08.